The molecule has 1 unspecified atom stereocenters. The highest BCUT2D eigenvalue weighted by molar-refractivity contribution is 5.25. The summed E-state index contributed by atoms with van der Waals surface area (Å²) >= 11 is 0. The summed E-state index contributed by atoms with van der Waals surface area (Å²) in [4.78, 5) is 2.54. The Balaban J connectivity index is 2.05. The van der Waals surface area contributed by atoms with E-state index >= 15 is 0 Å². The normalized spacial score (nSPS) is 20.4. The van der Waals surface area contributed by atoms with Gasteiger partial charge in [-0.15, -0.1) is 0 Å². The van der Waals surface area contributed by atoms with Crippen LogP contribution in [0.25, 0.3) is 0 Å². The fraction of sp³-hybridized carbons (Fsp3) is 0.647. The Morgan fingerprint density at radius 2 is 1.79 bits per heavy atom. The van der Waals surface area contributed by atoms with Crippen LogP contribution in [0, 0.1) is 0 Å². The highest BCUT2D eigenvalue weighted by Gasteiger charge is 2.29. The summed E-state index contributed by atoms with van der Waals surface area (Å²) < 4.78 is 0. The standard InChI is InChI=1S/C17H28N2/c1-17(13-18,15-9-5-3-6-10-15)14-19(2)16-11-7-4-8-12-16/h3,5-6,9-10,16H,4,7-8,11-14,18H2,1-2H3. The minimum absolute atomic E-state index is 0.0630. The quantitative estimate of drug-likeness (QED) is 0.881. The predicted molar refractivity (Wildman–Crippen MR) is 82.4 cm³/mol. The first kappa shape index (κ1) is 14.5. The summed E-state index contributed by atoms with van der Waals surface area (Å²) in [7, 11) is 2.27. The minimum atomic E-state index is 0.0630. The number of hydrogen-bond acceptors (Lipinski definition) is 2. The van der Waals surface area contributed by atoms with Crippen LogP contribution in [0.4, 0.5) is 0 Å². The van der Waals surface area contributed by atoms with Crippen molar-refractivity contribution in [2.45, 2.75) is 50.5 Å². The lowest BCUT2D eigenvalue weighted by Gasteiger charge is -2.38. The Bertz CT molecular complexity index is 370. The summed E-state index contributed by atoms with van der Waals surface area (Å²) in [5, 5.41) is 0. The summed E-state index contributed by atoms with van der Waals surface area (Å²) in [5.74, 6) is 0. The lowest BCUT2D eigenvalue weighted by atomic mass is 9.81. The second-order valence-electron chi connectivity index (χ2n) is 6.34. The number of nitrogens with zero attached hydrogens (tertiary/aromatic N) is 1. The molecular weight excluding hydrogens is 232 g/mol. The van der Waals surface area contributed by atoms with Crippen LogP contribution in [0.5, 0.6) is 0 Å². The molecule has 0 aliphatic heterocycles. The fourth-order valence-corrected chi connectivity index (χ4v) is 3.32. The van der Waals surface area contributed by atoms with Crippen LogP contribution >= 0.6 is 0 Å². The number of benzene rings is 1. The van der Waals surface area contributed by atoms with Gasteiger partial charge in [0.15, 0.2) is 0 Å². The van der Waals surface area contributed by atoms with Crippen LogP contribution in [0.1, 0.15) is 44.6 Å². The second-order valence-corrected chi connectivity index (χ2v) is 6.34. The molecule has 0 amide bonds. The SMILES string of the molecule is CN(CC(C)(CN)c1ccccc1)C1CCCCC1. The molecule has 2 rings (SSSR count). The van der Waals surface area contributed by atoms with E-state index in [9.17, 15) is 0 Å². The van der Waals surface area contributed by atoms with Crippen molar-refractivity contribution >= 4 is 0 Å². The molecule has 0 bridgehead atoms. The summed E-state index contributed by atoms with van der Waals surface area (Å²) in [5.41, 5.74) is 7.51. The molecule has 0 radical (unpaired) electrons. The van der Waals surface area contributed by atoms with Gasteiger partial charge in [-0.05, 0) is 25.5 Å². The Kier molecular flexibility index (Phi) is 5.00. The molecule has 1 aliphatic carbocycles. The first-order chi connectivity index (χ1) is 9.15. The maximum Gasteiger partial charge on any atom is 0.0174 e. The molecule has 1 aromatic rings. The molecule has 0 aromatic heterocycles. The Labute approximate surface area is 118 Å². The van der Waals surface area contributed by atoms with Crippen LogP contribution in [-0.2, 0) is 5.41 Å². The van der Waals surface area contributed by atoms with Gasteiger partial charge in [-0.25, -0.2) is 0 Å². The third kappa shape index (κ3) is 3.58. The fourth-order valence-electron chi connectivity index (χ4n) is 3.32. The van der Waals surface area contributed by atoms with Crippen molar-refractivity contribution in [2.24, 2.45) is 5.73 Å². The second kappa shape index (κ2) is 6.53. The van der Waals surface area contributed by atoms with Gasteiger partial charge in [0.2, 0.25) is 0 Å². The number of nitrogens with two attached hydrogens (primary N) is 1. The molecule has 2 N–H and O–H groups in total. The molecule has 1 aliphatic rings. The van der Waals surface area contributed by atoms with Gasteiger partial charge in [0, 0.05) is 24.5 Å². The summed E-state index contributed by atoms with van der Waals surface area (Å²) in [6, 6.07) is 11.5. The first-order valence-electron chi connectivity index (χ1n) is 7.61. The van der Waals surface area contributed by atoms with Crippen LogP contribution < -0.4 is 5.73 Å². The van der Waals surface area contributed by atoms with E-state index in [4.69, 9.17) is 5.73 Å². The van der Waals surface area contributed by atoms with Crippen LogP contribution in [-0.4, -0.2) is 31.1 Å². The van der Waals surface area contributed by atoms with Gasteiger partial charge in [-0.2, -0.15) is 0 Å². The van der Waals surface area contributed by atoms with Gasteiger partial charge >= 0.3 is 0 Å². The molecule has 0 saturated heterocycles. The molecule has 106 valence electrons. The van der Waals surface area contributed by atoms with Crippen molar-refractivity contribution in [3.05, 3.63) is 35.9 Å². The third-order valence-corrected chi connectivity index (χ3v) is 4.72. The van der Waals surface area contributed by atoms with Crippen molar-refractivity contribution in [2.75, 3.05) is 20.1 Å². The molecule has 2 heteroatoms. The van der Waals surface area contributed by atoms with E-state index in [1.807, 2.05) is 0 Å². The zero-order chi connectivity index (χ0) is 13.7. The zero-order valence-electron chi connectivity index (χ0n) is 12.4. The smallest absolute Gasteiger partial charge is 0.0174 e. The maximum atomic E-state index is 6.09. The molecule has 1 aromatic carbocycles. The Morgan fingerprint density at radius 1 is 1.16 bits per heavy atom. The average molecular weight is 260 g/mol. The maximum absolute atomic E-state index is 6.09. The predicted octanol–water partition coefficient (Wildman–Crippen LogP) is 3.17. The van der Waals surface area contributed by atoms with E-state index in [0.29, 0.717) is 6.54 Å². The van der Waals surface area contributed by atoms with E-state index in [1.165, 1.54) is 37.7 Å². The van der Waals surface area contributed by atoms with Crippen molar-refractivity contribution in [1.29, 1.82) is 0 Å². The topological polar surface area (TPSA) is 29.3 Å². The lowest BCUT2D eigenvalue weighted by Crippen LogP contribution is -2.46. The van der Waals surface area contributed by atoms with Gasteiger partial charge < -0.3 is 10.6 Å². The summed E-state index contributed by atoms with van der Waals surface area (Å²) in [6.07, 6.45) is 6.90. The van der Waals surface area contributed by atoms with Crippen LogP contribution in [0.15, 0.2) is 30.3 Å². The van der Waals surface area contributed by atoms with E-state index in [0.717, 1.165) is 12.6 Å². The van der Waals surface area contributed by atoms with E-state index in [1.54, 1.807) is 0 Å². The van der Waals surface area contributed by atoms with Crippen molar-refractivity contribution in [3.8, 4) is 0 Å². The average Bonchev–Trinajstić information content (AvgIpc) is 2.49. The van der Waals surface area contributed by atoms with E-state index in [2.05, 4.69) is 49.2 Å². The largest absolute Gasteiger partial charge is 0.330 e. The van der Waals surface area contributed by atoms with Crippen molar-refractivity contribution in [1.82, 2.24) is 4.90 Å². The molecule has 0 spiro atoms. The van der Waals surface area contributed by atoms with Gasteiger partial charge in [0.05, 0.1) is 0 Å². The molecule has 1 saturated carbocycles. The molecule has 1 fully saturated rings. The van der Waals surface area contributed by atoms with Crippen molar-refractivity contribution < 1.29 is 0 Å². The lowest BCUT2D eigenvalue weighted by molar-refractivity contribution is 0.158. The molecule has 19 heavy (non-hydrogen) atoms. The first-order valence-corrected chi connectivity index (χ1v) is 7.61. The molecule has 0 heterocycles. The number of hydrogen-bond donors (Lipinski definition) is 1. The van der Waals surface area contributed by atoms with Gasteiger partial charge in [-0.1, -0.05) is 56.5 Å². The van der Waals surface area contributed by atoms with Crippen LogP contribution in [0.3, 0.4) is 0 Å². The third-order valence-electron chi connectivity index (χ3n) is 4.72. The monoisotopic (exact) mass is 260 g/mol. The van der Waals surface area contributed by atoms with Gasteiger partial charge in [-0.3, -0.25) is 0 Å². The Hall–Kier alpha value is -0.860. The van der Waals surface area contributed by atoms with Crippen molar-refractivity contribution in [3.63, 3.8) is 0 Å². The highest BCUT2D eigenvalue weighted by Crippen LogP contribution is 2.27. The van der Waals surface area contributed by atoms with E-state index < -0.39 is 0 Å². The zero-order valence-corrected chi connectivity index (χ0v) is 12.4. The minimum Gasteiger partial charge on any atom is -0.330 e. The Morgan fingerprint density at radius 3 is 2.37 bits per heavy atom. The highest BCUT2D eigenvalue weighted by atomic mass is 15.1. The van der Waals surface area contributed by atoms with Crippen LogP contribution in [0.2, 0.25) is 0 Å². The number of likely N-dealkylation sites (N-methyl/N-ethyl adjacent to an activating group) is 1. The molecule has 1 atom stereocenters. The molecular formula is C17H28N2. The van der Waals surface area contributed by atoms with Gasteiger partial charge in [0.25, 0.3) is 0 Å². The molecule has 2 nitrogen and oxygen atoms in total. The number of rotatable bonds is 5. The summed E-state index contributed by atoms with van der Waals surface area (Å²) in [6.45, 7) is 4.05. The van der Waals surface area contributed by atoms with E-state index in [-0.39, 0.29) is 5.41 Å². The van der Waals surface area contributed by atoms with Gasteiger partial charge in [0.1, 0.15) is 0 Å².